The fourth-order valence-corrected chi connectivity index (χ4v) is 6.94. The van der Waals surface area contributed by atoms with Gasteiger partial charge >= 0.3 is 5.97 Å². The van der Waals surface area contributed by atoms with E-state index in [0.717, 1.165) is 15.6 Å². The van der Waals surface area contributed by atoms with Crippen LogP contribution in [0.5, 0.6) is 11.5 Å². The van der Waals surface area contributed by atoms with Crippen molar-refractivity contribution in [2.24, 2.45) is 4.99 Å². The van der Waals surface area contributed by atoms with Crippen molar-refractivity contribution in [1.82, 2.24) is 4.57 Å². The number of ether oxygens (including phenoxy) is 3. The lowest BCUT2D eigenvalue weighted by atomic mass is 10.0. The van der Waals surface area contributed by atoms with Crippen LogP contribution in [0.2, 0.25) is 10.0 Å². The molecule has 0 spiro atoms. The molecular formula is C35H27BrCl2N2O6S. The van der Waals surface area contributed by atoms with E-state index in [0.29, 0.717) is 53.7 Å². The number of rotatable bonds is 9. The predicted octanol–water partition coefficient (Wildman–Crippen LogP) is 7.72. The van der Waals surface area contributed by atoms with Gasteiger partial charge in [0.1, 0.15) is 24.2 Å². The molecule has 1 aliphatic heterocycles. The smallest absolute Gasteiger partial charge is 0.338 e. The molecule has 0 amide bonds. The summed E-state index contributed by atoms with van der Waals surface area (Å²) in [6.45, 7) is 3.84. The normalized spacial score (nSPS) is 14.5. The van der Waals surface area contributed by atoms with Crippen molar-refractivity contribution in [3.63, 3.8) is 0 Å². The highest BCUT2D eigenvalue weighted by atomic mass is 79.9. The zero-order valence-corrected chi connectivity index (χ0v) is 29.3. The van der Waals surface area contributed by atoms with Gasteiger partial charge in [-0.2, -0.15) is 0 Å². The van der Waals surface area contributed by atoms with Crippen LogP contribution in [0.25, 0.3) is 17.4 Å². The third-order valence-electron chi connectivity index (χ3n) is 7.43. The van der Waals surface area contributed by atoms with Crippen LogP contribution in [0.15, 0.2) is 103 Å². The predicted molar refractivity (Wildman–Crippen MR) is 186 cm³/mol. The van der Waals surface area contributed by atoms with Gasteiger partial charge in [-0.3, -0.25) is 9.36 Å². The Kier molecular flexibility index (Phi) is 9.75. The lowest BCUT2D eigenvalue weighted by molar-refractivity contribution is -0.139. The molecule has 0 N–H and O–H groups in total. The Morgan fingerprint density at radius 1 is 1.06 bits per heavy atom. The molecule has 0 aliphatic carbocycles. The van der Waals surface area contributed by atoms with Gasteiger partial charge in [0.2, 0.25) is 0 Å². The molecule has 5 aromatic rings. The number of methoxy groups -OCH3 is 1. The topological polar surface area (TPSA) is 92.3 Å². The van der Waals surface area contributed by atoms with E-state index < -0.39 is 12.0 Å². The zero-order valence-electron chi connectivity index (χ0n) is 25.4. The van der Waals surface area contributed by atoms with Crippen LogP contribution in [0.1, 0.15) is 36.8 Å². The highest BCUT2D eigenvalue weighted by molar-refractivity contribution is 9.10. The molecule has 3 aromatic carbocycles. The number of aromatic nitrogens is 1. The van der Waals surface area contributed by atoms with Crippen molar-refractivity contribution in [2.45, 2.75) is 26.5 Å². The van der Waals surface area contributed by atoms with Crippen molar-refractivity contribution in [2.75, 3.05) is 13.7 Å². The van der Waals surface area contributed by atoms with Crippen molar-refractivity contribution in [3.8, 4) is 22.8 Å². The van der Waals surface area contributed by atoms with E-state index in [9.17, 15) is 9.59 Å². The number of esters is 1. The maximum absolute atomic E-state index is 14.1. The van der Waals surface area contributed by atoms with Gasteiger partial charge in [0.25, 0.3) is 5.56 Å². The molecule has 0 saturated heterocycles. The van der Waals surface area contributed by atoms with Crippen molar-refractivity contribution >= 4 is 62.5 Å². The molecular weight excluding hydrogens is 727 g/mol. The minimum absolute atomic E-state index is 0.170. The van der Waals surface area contributed by atoms with Crippen LogP contribution in [-0.2, 0) is 16.1 Å². The molecule has 240 valence electrons. The number of nitrogens with zero attached hydrogens (tertiary/aromatic N) is 2. The Hall–Kier alpha value is -4.09. The first-order valence-corrected chi connectivity index (χ1v) is 16.8. The summed E-state index contributed by atoms with van der Waals surface area (Å²) in [5, 5.41) is 1.04. The maximum atomic E-state index is 14.1. The molecule has 47 heavy (non-hydrogen) atoms. The number of thiazole rings is 1. The number of furan rings is 1. The standard InChI is InChI=1S/C35H27BrCl2N2O6S/c1-4-44-34(42)31-19(2)39-35-40(32(31)28-14-13-26(46-28)21-6-9-23(36)10-7-21)33(41)30(47-35)16-20-5-12-27(29(15-20)43-3)45-18-22-8-11-24(37)17-25(22)38/h5-17,32H,4,18H2,1-3H3/b30-16-/t32-/m0/s1. The third kappa shape index (κ3) is 6.82. The maximum Gasteiger partial charge on any atom is 0.338 e. The van der Waals surface area contributed by atoms with Gasteiger partial charge in [-0.15, -0.1) is 0 Å². The molecule has 1 aliphatic rings. The second kappa shape index (κ2) is 13.9. The molecule has 0 unspecified atom stereocenters. The summed E-state index contributed by atoms with van der Waals surface area (Å²) in [6.07, 6.45) is 1.75. The van der Waals surface area contributed by atoms with Crippen molar-refractivity contribution < 1.29 is 23.4 Å². The molecule has 3 heterocycles. The SMILES string of the molecule is CCOC(=O)C1=C(C)N=c2s/c(=C\c3ccc(OCc4ccc(Cl)cc4Cl)c(OC)c3)c(=O)n2[C@H]1c1ccc(-c2ccc(Br)cc2)o1. The summed E-state index contributed by atoms with van der Waals surface area (Å²) < 4.78 is 26.1. The average molecular weight is 754 g/mol. The van der Waals surface area contributed by atoms with Gasteiger partial charge in [-0.05, 0) is 74.0 Å². The first-order valence-electron chi connectivity index (χ1n) is 14.5. The van der Waals surface area contributed by atoms with Gasteiger partial charge in [0.15, 0.2) is 16.3 Å². The first-order chi connectivity index (χ1) is 22.7. The average Bonchev–Trinajstić information content (AvgIpc) is 3.65. The Morgan fingerprint density at radius 3 is 2.57 bits per heavy atom. The monoisotopic (exact) mass is 752 g/mol. The number of hydrogen-bond acceptors (Lipinski definition) is 8. The van der Waals surface area contributed by atoms with E-state index in [1.807, 2.05) is 36.4 Å². The lowest BCUT2D eigenvalue weighted by Gasteiger charge is -2.22. The summed E-state index contributed by atoms with van der Waals surface area (Å²) in [7, 11) is 1.54. The Bertz CT molecular complexity index is 2200. The van der Waals surface area contributed by atoms with Gasteiger partial charge in [-0.1, -0.05) is 74.7 Å². The minimum atomic E-state index is -0.873. The molecule has 1 atom stereocenters. The number of fused-ring (bicyclic) bond motifs is 1. The van der Waals surface area contributed by atoms with Gasteiger partial charge < -0.3 is 18.6 Å². The molecule has 6 rings (SSSR count). The molecule has 0 saturated carbocycles. The summed E-state index contributed by atoms with van der Waals surface area (Å²) in [6, 6.07) is 21.0. The molecule has 0 radical (unpaired) electrons. The van der Waals surface area contributed by atoms with E-state index in [2.05, 4.69) is 20.9 Å². The molecule has 2 aromatic heterocycles. The van der Waals surface area contributed by atoms with E-state index in [-0.39, 0.29) is 24.3 Å². The van der Waals surface area contributed by atoms with Crippen LogP contribution in [0, 0.1) is 0 Å². The fraction of sp³-hybridized carbons (Fsp3) is 0.171. The van der Waals surface area contributed by atoms with Gasteiger partial charge in [0, 0.05) is 25.6 Å². The third-order valence-corrected chi connectivity index (χ3v) is 9.52. The summed E-state index contributed by atoms with van der Waals surface area (Å²) in [5.74, 6) is 1.43. The van der Waals surface area contributed by atoms with Crippen LogP contribution < -0.4 is 24.4 Å². The second-order valence-electron chi connectivity index (χ2n) is 10.4. The molecule has 0 fully saturated rings. The highest BCUT2D eigenvalue weighted by Gasteiger charge is 2.35. The quantitative estimate of drug-likeness (QED) is 0.143. The van der Waals surface area contributed by atoms with Gasteiger partial charge in [-0.25, -0.2) is 9.79 Å². The van der Waals surface area contributed by atoms with E-state index in [1.165, 1.54) is 15.9 Å². The lowest BCUT2D eigenvalue weighted by Crippen LogP contribution is -2.39. The Labute approximate surface area is 292 Å². The first kappa shape index (κ1) is 32.8. The summed E-state index contributed by atoms with van der Waals surface area (Å²) in [5.41, 5.74) is 2.70. The molecule has 12 heteroatoms. The van der Waals surface area contributed by atoms with Crippen LogP contribution in [0.4, 0.5) is 0 Å². The van der Waals surface area contributed by atoms with E-state index >= 15 is 0 Å². The number of hydrogen-bond donors (Lipinski definition) is 0. The van der Waals surface area contributed by atoms with Crippen molar-refractivity contribution in [3.05, 3.63) is 135 Å². The van der Waals surface area contributed by atoms with Crippen molar-refractivity contribution in [1.29, 1.82) is 0 Å². The second-order valence-corrected chi connectivity index (χ2v) is 13.2. The summed E-state index contributed by atoms with van der Waals surface area (Å²) in [4.78, 5) is 32.4. The highest BCUT2D eigenvalue weighted by Crippen LogP contribution is 2.35. The van der Waals surface area contributed by atoms with Crippen LogP contribution >= 0.6 is 50.5 Å². The number of carbonyl (C=O) groups excluding carboxylic acids is 1. The van der Waals surface area contributed by atoms with Gasteiger partial charge in [0.05, 0.1) is 29.5 Å². The van der Waals surface area contributed by atoms with E-state index in [4.69, 9.17) is 41.8 Å². The minimum Gasteiger partial charge on any atom is -0.493 e. The Balaban J connectivity index is 1.38. The summed E-state index contributed by atoms with van der Waals surface area (Å²) >= 11 is 17.0. The van der Waals surface area contributed by atoms with Crippen LogP contribution in [-0.4, -0.2) is 24.3 Å². The fourth-order valence-electron chi connectivity index (χ4n) is 5.17. The van der Waals surface area contributed by atoms with E-state index in [1.54, 1.807) is 63.4 Å². The number of allylic oxidation sites excluding steroid dienone is 1. The Morgan fingerprint density at radius 2 is 1.85 bits per heavy atom. The van der Waals surface area contributed by atoms with Crippen LogP contribution in [0.3, 0.4) is 0 Å². The molecule has 8 nitrogen and oxygen atoms in total. The number of benzene rings is 3. The zero-order chi connectivity index (χ0) is 33.2. The number of halogens is 3. The molecule has 0 bridgehead atoms. The number of carbonyl (C=O) groups is 1. The largest absolute Gasteiger partial charge is 0.493 e.